The van der Waals surface area contributed by atoms with E-state index in [-0.39, 0.29) is 22.9 Å². The van der Waals surface area contributed by atoms with E-state index in [4.69, 9.17) is 10.5 Å². The van der Waals surface area contributed by atoms with Gasteiger partial charge in [0.2, 0.25) is 5.95 Å². The number of aromatic nitrogens is 5. The van der Waals surface area contributed by atoms with Crippen molar-refractivity contribution < 1.29 is 20.1 Å². The van der Waals surface area contributed by atoms with Crippen LogP contribution in [0, 0.1) is 0 Å². The third-order valence-corrected chi connectivity index (χ3v) is 5.27. The minimum absolute atomic E-state index is 0.138. The van der Waals surface area contributed by atoms with Gasteiger partial charge in [0.15, 0.2) is 23.2 Å². The van der Waals surface area contributed by atoms with E-state index in [1.165, 1.54) is 10.9 Å². The van der Waals surface area contributed by atoms with Crippen LogP contribution in [0.4, 0.5) is 11.8 Å². The number of fused-ring (bicyclic) bond motifs is 2. The maximum absolute atomic E-state index is 10.5. The number of para-hydroxylation sites is 1. The molecule has 0 amide bonds. The fraction of sp³-hybridized carbons (Fsp3) is 0.263. The lowest BCUT2D eigenvalue weighted by Crippen LogP contribution is -2.33. The molecule has 0 saturated carbocycles. The summed E-state index contributed by atoms with van der Waals surface area (Å²) < 4.78 is 7.09. The minimum atomic E-state index is -1.33. The minimum Gasteiger partial charge on any atom is -0.394 e. The molecule has 0 spiro atoms. The Morgan fingerprint density at radius 2 is 2.10 bits per heavy atom. The second-order valence-corrected chi connectivity index (χ2v) is 7.12. The Hall–Kier alpha value is -3.58. The first-order chi connectivity index (χ1) is 15.1. The third-order valence-electron chi connectivity index (χ3n) is 5.27. The summed E-state index contributed by atoms with van der Waals surface area (Å²) in [7, 11) is 0. The van der Waals surface area contributed by atoms with E-state index in [2.05, 4.69) is 30.5 Å². The van der Waals surface area contributed by atoms with Crippen LogP contribution in [0.3, 0.4) is 0 Å². The highest BCUT2D eigenvalue weighted by molar-refractivity contribution is 5.99. The van der Waals surface area contributed by atoms with E-state index in [1.54, 1.807) is 6.21 Å². The maximum Gasteiger partial charge on any atom is 0.228 e. The van der Waals surface area contributed by atoms with Crippen molar-refractivity contribution in [3.05, 3.63) is 42.4 Å². The number of aromatic amines is 1. The zero-order valence-corrected chi connectivity index (χ0v) is 16.1. The summed E-state index contributed by atoms with van der Waals surface area (Å²) >= 11 is 0. The summed E-state index contributed by atoms with van der Waals surface area (Å²) in [5.41, 5.74) is 11.2. The zero-order chi connectivity index (χ0) is 21.5. The molecule has 3 aromatic heterocycles. The normalized spacial score (nSPS) is 24.0. The Morgan fingerprint density at radius 1 is 1.26 bits per heavy atom. The summed E-state index contributed by atoms with van der Waals surface area (Å²) in [6.45, 7) is -0.458. The largest absolute Gasteiger partial charge is 0.394 e. The number of benzene rings is 1. The number of hydrazone groups is 1. The number of nitrogens with two attached hydrogens (primary N) is 1. The maximum atomic E-state index is 10.5. The second-order valence-electron chi connectivity index (χ2n) is 7.12. The zero-order valence-electron chi connectivity index (χ0n) is 16.1. The molecule has 4 heterocycles. The summed E-state index contributed by atoms with van der Waals surface area (Å²) in [6, 6.07) is 7.80. The molecule has 1 fully saturated rings. The van der Waals surface area contributed by atoms with Crippen LogP contribution in [-0.2, 0) is 4.74 Å². The molecule has 4 unspecified atom stereocenters. The van der Waals surface area contributed by atoms with Crippen molar-refractivity contribution >= 4 is 40.0 Å². The van der Waals surface area contributed by atoms with Crippen LogP contribution < -0.4 is 11.2 Å². The molecule has 12 heteroatoms. The lowest BCUT2D eigenvalue weighted by molar-refractivity contribution is -0.0501. The molecule has 160 valence electrons. The van der Waals surface area contributed by atoms with Gasteiger partial charge in [-0.05, 0) is 6.07 Å². The number of aliphatic hydroxyl groups excluding tert-OH is 3. The van der Waals surface area contributed by atoms with Crippen molar-refractivity contribution in [1.29, 1.82) is 0 Å². The summed E-state index contributed by atoms with van der Waals surface area (Å²) in [5, 5.41) is 35.3. The number of hydrogen-bond acceptors (Lipinski definition) is 10. The Balaban J connectivity index is 1.52. The SMILES string of the molecule is Nc1ncnc2c1nc(N/N=C/c1c[nH]c3ccccc13)n2C1OC(CO)C(O)C1O. The first-order valence-electron chi connectivity index (χ1n) is 9.54. The Bertz CT molecular complexity index is 1270. The van der Waals surface area contributed by atoms with Crippen LogP contribution in [0.25, 0.3) is 22.1 Å². The molecule has 4 aromatic rings. The van der Waals surface area contributed by atoms with Crippen molar-refractivity contribution in [3.8, 4) is 0 Å². The highest BCUT2D eigenvalue weighted by Crippen LogP contribution is 2.35. The molecule has 4 atom stereocenters. The van der Waals surface area contributed by atoms with Crippen LogP contribution in [0.5, 0.6) is 0 Å². The Labute approximate surface area is 175 Å². The first kappa shape index (κ1) is 19.4. The molecule has 1 aliphatic rings. The fourth-order valence-electron chi connectivity index (χ4n) is 3.70. The quantitative estimate of drug-likeness (QED) is 0.189. The molecule has 5 rings (SSSR count). The molecule has 0 aliphatic carbocycles. The van der Waals surface area contributed by atoms with Crippen LogP contribution >= 0.6 is 0 Å². The van der Waals surface area contributed by atoms with Crippen molar-refractivity contribution in [1.82, 2.24) is 24.5 Å². The van der Waals surface area contributed by atoms with Crippen molar-refractivity contribution in [2.24, 2.45) is 5.10 Å². The summed E-state index contributed by atoms with van der Waals surface area (Å²) in [6.07, 6.45) is 0.0637. The molecule has 1 aliphatic heterocycles. The number of H-pyrrole nitrogens is 1. The number of imidazole rings is 1. The van der Waals surface area contributed by atoms with Crippen LogP contribution in [0.15, 0.2) is 41.9 Å². The second kappa shape index (κ2) is 7.59. The Morgan fingerprint density at radius 3 is 2.90 bits per heavy atom. The Kier molecular flexibility index (Phi) is 4.75. The van der Waals surface area contributed by atoms with Crippen molar-refractivity contribution in [2.45, 2.75) is 24.5 Å². The molecule has 12 nitrogen and oxygen atoms in total. The molecule has 31 heavy (non-hydrogen) atoms. The van der Waals surface area contributed by atoms with Gasteiger partial charge < -0.3 is 30.8 Å². The number of nitrogens with zero attached hydrogens (tertiary/aromatic N) is 5. The van der Waals surface area contributed by atoms with Gasteiger partial charge in [-0.25, -0.2) is 20.4 Å². The predicted molar refractivity (Wildman–Crippen MR) is 112 cm³/mol. The highest BCUT2D eigenvalue weighted by atomic mass is 16.6. The molecule has 0 bridgehead atoms. The third kappa shape index (κ3) is 3.18. The van der Waals surface area contributed by atoms with Gasteiger partial charge in [0.25, 0.3) is 0 Å². The van der Waals surface area contributed by atoms with Crippen LogP contribution in [0.2, 0.25) is 0 Å². The van der Waals surface area contributed by atoms with Gasteiger partial charge in [-0.2, -0.15) is 5.10 Å². The monoisotopic (exact) mass is 424 g/mol. The number of anilines is 2. The van der Waals surface area contributed by atoms with E-state index in [1.807, 2.05) is 30.5 Å². The van der Waals surface area contributed by atoms with Crippen molar-refractivity contribution in [3.63, 3.8) is 0 Å². The molecule has 1 aromatic carbocycles. The van der Waals surface area contributed by atoms with E-state index in [0.29, 0.717) is 0 Å². The summed E-state index contributed by atoms with van der Waals surface area (Å²) in [5.74, 6) is 0.312. The molecule has 0 radical (unpaired) electrons. The van der Waals surface area contributed by atoms with E-state index in [0.717, 1.165) is 16.5 Å². The standard InChI is InChI=1S/C19H20N8O4/c20-16-13-17(23-8-22-16)27(18-15(30)14(29)12(7-28)31-18)19(25-13)26-24-6-9-5-21-11-4-2-1-3-10(9)11/h1-6,8,12,14-15,18,21,28-30H,7H2,(H,25,26)(H2,20,22,23)/b24-6+. The van der Waals surface area contributed by atoms with Gasteiger partial charge in [0.1, 0.15) is 24.6 Å². The number of nitrogen functional groups attached to an aromatic ring is 1. The number of hydrogen-bond donors (Lipinski definition) is 6. The van der Waals surface area contributed by atoms with Crippen LogP contribution in [-0.4, -0.2) is 71.0 Å². The topological polar surface area (TPSA) is 180 Å². The molecule has 1 saturated heterocycles. The van der Waals surface area contributed by atoms with E-state index in [9.17, 15) is 15.3 Å². The van der Waals surface area contributed by atoms with E-state index >= 15 is 0 Å². The van der Waals surface area contributed by atoms with Gasteiger partial charge in [0, 0.05) is 22.7 Å². The number of ether oxygens (including phenoxy) is 1. The molecular formula is C19H20N8O4. The number of rotatable bonds is 5. The number of aliphatic hydroxyl groups is 3. The average molecular weight is 424 g/mol. The smallest absolute Gasteiger partial charge is 0.228 e. The van der Waals surface area contributed by atoms with Gasteiger partial charge in [-0.3, -0.25) is 4.57 Å². The predicted octanol–water partition coefficient (Wildman–Crippen LogP) is -0.0527. The molecular weight excluding hydrogens is 404 g/mol. The lowest BCUT2D eigenvalue weighted by atomic mass is 10.1. The van der Waals surface area contributed by atoms with Gasteiger partial charge >= 0.3 is 0 Å². The molecule has 7 N–H and O–H groups in total. The van der Waals surface area contributed by atoms with Gasteiger partial charge in [0.05, 0.1) is 12.8 Å². The number of nitrogens with one attached hydrogen (secondary N) is 2. The summed E-state index contributed by atoms with van der Waals surface area (Å²) in [4.78, 5) is 15.7. The fourth-order valence-corrected chi connectivity index (χ4v) is 3.70. The average Bonchev–Trinajstić information content (AvgIpc) is 3.44. The van der Waals surface area contributed by atoms with E-state index < -0.39 is 31.1 Å². The highest BCUT2D eigenvalue weighted by Gasteiger charge is 2.45. The van der Waals surface area contributed by atoms with Gasteiger partial charge in [-0.15, -0.1) is 0 Å². The first-order valence-corrected chi connectivity index (χ1v) is 9.54. The van der Waals surface area contributed by atoms with Crippen molar-refractivity contribution in [2.75, 3.05) is 17.8 Å². The lowest BCUT2D eigenvalue weighted by Gasteiger charge is -2.18. The van der Waals surface area contributed by atoms with Crippen LogP contribution in [0.1, 0.15) is 11.8 Å². The van der Waals surface area contributed by atoms with Gasteiger partial charge in [-0.1, -0.05) is 18.2 Å².